The van der Waals surface area contributed by atoms with Gasteiger partial charge in [0.05, 0.1) is 28.2 Å². The van der Waals surface area contributed by atoms with Crippen LogP contribution < -0.4 is 5.32 Å². The number of halogens is 8. The Morgan fingerprint density at radius 3 is 2.46 bits per heavy atom. The van der Waals surface area contributed by atoms with Crippen molar-refractivity contribution in [3.63, 3.8) is 0 Å². The van der Waals surface area contributed by atoms with Gasteiger partial charge in [0.25, 0.3) is 11.5 Å². The van der Waals surface area contributed by atoms with Gasteiger partial charge in [0, 0.05) is 30.6 Å². The standard InChI is InChI=1S/C25H21BrF7N3O3/c1-3-36-11-15(9-20(36)37)34-22(38)16-5-4-13(6-12(16)2)19-10-23(39-35-19,25(31,32)33)17-7-14(24(28,29)30)8-18(26)21(17)27/h4-8,15H,3,9-11H2,1-2H3,(H,34,38)/t15-,23-/m0/s1. The summed E-state index contributed by atoms with van der Waals surface area (Å²) in [7, 11) is 0. The number of aryl methyl sites for hydroxylation is 1. The number of amides is 2. The molecule has 210 valence electrons. The largest absolute Gasteiger partial charge is 0.435 e. The normalized spacial score (nSPS) is 21.7. The lowest BCUT2D eigenvalue weighted by Gasteiger charge is -2.30. The number of alkyl halides is 6. The van der Waals surface area contributed by atoms with Crippen LogP contribution in [0.4, 0.5) is 30.7 Å². The topological polar surface area (TPSA) is 71.0 Å². The van der Waals surface area contributed by atoms with Crippen molar-refractivity contribution >= 4 is 33.5 Å². The Bertz CT molecular complexity index is 1360. The first-order valence-corrected chi connectivity index (χ1v) is 12.4. The second-order valence-corrected chi connectivity index (χ2v) is 10.1. The van der Waals surface area contributed by atoms with Crippen LogP contribution in [0.2, 0.25) is 0 Å². The summed E-state index contributed by atoms with van der Waals surface area (Å²) in [4.78, 5) is 31.0. The SMILES string of the molecule is CCN1C[C@@H](NC(=O)c2ccc(C3=NO[C@@](c4cc(C(F)(F)F)cc(Br)c4F)(C(F)(F)F)C3)cc2C)CC1=O. The number of rotatable bonds is 5. The monoisotopic (exact) mass is 623 g/mol. The number of nitrogens with one attached hydrogen (secondary N) is 1. The Kier molecular flexibility index (Phi) is 7.47. The first kappa shape index (κ1) is 28.8. The van der Waals surface area contributed by atoms with E-state index in [0.717, 1.165) is 0 Å². The zero-order chi connectivity index (χ0) is 28.9. The number of likely N-dealkylation sites (tertiary alicyclic amines) is 1. The maximum Gasteiger partial charge on any atom is 0.435 e. The van der Waals surface area contributed by atoms with Crippen LogP contribution >= 0.6 is 15.9 Å². The van der Waals surface area contributed by atoms with E-state index in [0.29, 0.717) is 24.7 Å². The highest BCUT2D eigenvalue weighted by Gasteiger charge is 2.64. The summed E-state index contributed by atoms with van der Waals surface area (Å²) in [6.45, 7) is 4.21. The zero-order valence-corrected chi connectivity index (χ0v) is 22.0. The lowest BCUT2D eigenvalue weighted by Crippen LogP contribution is -2.43. The van der Waals surface area contributed by atoms with Crippen molar-refractivity contribution in [2.45, 2.75) is 50.7 Å². The summed E-state index contributed by atoms with van der Waals surface area (Å²) in [6.07, 6.45) is -11.4. The zero-order valence-electron chi connectivity index (χ0n) is 20.4. The number of carbonyl (C=O) groups excluding carboxylic acids is 2. The van der Waals surface area contributed by atoms with Crippen molar-refractivity contribution in [2.24, 2.45) is 5.16 Å². The van der Waals surface area contributed by atoms with Crippen molar-refractivity contribution in [2.75, 3.05) is 13.1 Å². The molecule has 2 aliphatic rings. The second-order valence-electron chi connectivity index (χ2n) is 9.28. The van der Waals surface area contributed by atoms with Crippen LogP contribution in [0, 0.1) is 12.7 Å². The van der Waals surface area contributed by atoms with E-state index >= 15 is 0 Å². The van der Waals surface area contributed by atoms with Crippen molar-refractivity contribution in [1.82, 2.24) is 10.2 Å². The van der Waals surface area contributed by atoms with Crippen LogP contribution in [-0.2, 0) is 21.4 Å². The fraction of sp³-hybridized carbons (Fsp3) is 0.400. The molecule has 4 rings (SSSR count). The minimum absolute atomic E-state index is 0.0676. The Balaban J connectivity index is 1.61. The van der Waals surface area contributed by atoms with Crippen molar-refractivity contribution in [3.8, 4) is 0 Å². The highest BCUT2D eigenvalue weighted by atomic mass is 79.9. The maximum absolute atomic E-state index is 14.9. The molecule has 1 fully saturated rings. The molecule has 0 bridgehead atoms. The molecule has 2 heterocycles. The lowest BCUT2D eigenvalue weighted by atomic mass is 9.85. The summed E-state index contributed by atoms with van der Waals surface area (Å²) < 4.78 is 96.9. The quantitative estimate of drug-likeness (QED) is 0.425. The van der Waals surface area contributed by atoms with Gasteiger partial charge in [-0.2, -0.15) is 26.3 Å². The predicted molar refractivity (Wildman–Crippen MR) is 128 cm³/mol. The molecule has 0 aromatic heterocycles. The van der Waals surface area contributed by atoms with Crippen LogP contribution in [0.5, 0.6) is 0 Å². The van der Waals surface area contributed by atoms with E-state index in [1.54, 1.807) is 4.90 Å². The molecule has 0 unspecified atom stereocenters. The molecule has 2 amide bonds. The van der Waals surface area contributed by atoms with E-state index in [1.165, 1.54) is 25.1 Å². The molecule has 1 saturated heterocycles. The number of nitrogens with zero attached hydrogens (tertiary/aromatic N) is 2. The fourth-order valence-corrected chi connectivity index (χ4v) is 5.08. The molecule has 0 saturated carbocycles. The highest BCUT2D eigenvalue weighted by Crippen LogP contribution is 2.51. The molecule has 2 aromatic carbocycles. The molecule has 0 spiro atoms. The number of hydrogen-bond donors (Lipinski definition) is 1. The number of hydrogen-bond acceptors (Lipinski definition) is 4. The molecule has 2 aromatic rings. The van der Waals surface area contributed by atoms with Gasteiger partial charge in [-0.15, -0.1) is 0 Å². The molecular weight excluding hydrogens is 603 g/mol. The van der Waals surface area contributed by atoms with Gasteiger partial charge in [-0.1, -0.05) is 11.2 Å². The molecule has 1 N–H and O–H groups in total. The van der Waals surface area contributed by atoms with Crippen LogP contribution in [0.15, 0.2) is 40.0 Å². The van der Waals surface area contributed by atoms with Crippen molar-refractivity contribution in [3.05, 3.63) is 68.4 Å². The van der Waals surface area contributed by atoms with Crippen LogP contribution in [0.1, 0.15) is 52.4 Å². The first-order chi connectivity index (χ1) is 18.1. The molecule has 14 heteroatoms. The van der Waals surface area contributed by atoms with E-state index in [-0.39, 0.29) is 35.2 Å². The van der Waals surface area contributed by atoms with Gasteiger partial charge in [-0.3, -0.25) is 9.59 Å². The average molecular weight is 624 g/mol. The predicted octanol–water partition coefficient (Wildman–Crippen LogP) is 5.85. The third-order valence-electron chi connectivity index (χ3n) is 6.71. The van der Waals surface area contributed by atoms with Crippen molar-refractivity contribution in [1.29, 1.82) is 0 Å². The van der Waals surface area contributed by atoms with Gasteiger partial charge >= 0.3 is 12.4 Å². The third kappa shape index (κ3) is 5.35. The average Bonchev–Trinajstić information content (AvgIpc) is 3.44. The molecule has 0 aliphatic carbocycles. The Labute approximate surface area is 226 Å². The molecule has 2 aliphatic heterocycles. The van der Waals surface area contributed by atoms with Gasteiger partial charge in [0.2, 0.25) is 5.91 Å². The summed E-state index contributed by atoms with van der Waals surface area (Å²) >= 11 is 2.57. The smallest absolute Gasteiger partial charge is 0.374 e. The first-order valence-electron chi connectivity index (χ1n) is 11.7. The van der Waals surface area contributed by atoms with E-state index in [9.17, 15) is 40.3 Å². The van der Waals surface area contributed by atoms with E-state index in [2.05, 4.69) is 26.4 Å². The number of oxime groups is 1. The number of carbonyl (C=O) groups is 2. The summed E-state index contributed by atoms with van der Waals surface area (Å²) in [5.74, 6) is -2.14. The third-order valence-corrected chi connectivity index (χ3v) is 7.29. The molecule has 0 radical (unpaired) electrons. The molecule has 2 atom stereocenters. The van der Waals surface area contributed by atoms with Crippen molar-refractivity contribution < 1.29 is 45.2 Å². The molecule has 6 nitrogen and oxygen atoms in total. The van der Waals surface area contributed by atoms with Gasteiger partial charge in [0.1, 0.15) is 5.82 Å². The van der Waals surface area contributed by atoms with Crippen LogP contribution in [-0.4, -0.2) is 47.7 Å². The van der Waals surface area contributed by atoms with E-state index in [4.69, 9.17) is 4.84 Å². The highest BCUT2D eigenvalue weighted by molar-refractivity contribution is 9.10. The molecule has 39 heavy (non-hydrogen) atoms. The van der Waals surface area contributed by atoms with Gasteiger partial charge < -0.3 is 15.1 Å². The van der Waals surface area contributed by atoms with Gasteiger partial charge in [0.15, 0.2) is 0 Å². The summed E-state index contributed by atoms with van der Waals surface area (Å²) in [6, 6.07) is 4.05. The second kappa shape index (κ2) is 10.1. The number of benzene rings is 2. The van der Waals surface area contributed by atoms with E-state index in [1.807, 2.05) is 6.92 Å². The summed E-state index contributed by atoms with van der Waals surface area (Å²) in [5.41, 5.74) is -6.00. The Hall–Kier alpha value is -3.16. The van der Waals surface area contributed by atoms with Crippen LogP contribution in [0.3, 0.4) is 0 Å². The minimum atomic E-state index is -5.34. The van der Waals surface area contributed by atoms with E-state index < -0.39 is 57.7 Å². The maximum atomic E-state index is 14.9. The Morgan fingerprint density at radius 1 is 1.21 bits per heavy atom. The summed E-state index contributed by atoms with van der Waals surface area (Å²) in [5, 5.41) is 6.24. The van der Waals surface area contributed by atoms with Gasteiger partial charge in [-0.25, -0.2) is 4.39 Å². The fourth-order valence-electron chi connectivity index (χ4n) is 4.62. The number of likely N-dealkylation sites (N-methyl/N-ethyl adjacent to an activating group) is 1. The minimum Gasteiger partial charge on any atom is -0.374 e. The lowest BCUT2D eigenvalue weighted by molar-refractivity contribution is -0.277. The Morgan fingerprint density at radius 2 is 1.90 bits per heavy atom. The van der Waals surface area contributed by atoms with Crippen LogP contribution in [0.25, 0.3) is 0 Å². The molecular formula is C25H21BrF7N3O3. The van der Waals surface area contributed by atoms with Gasteiger partial charge in [-0.05, 0) is 65.2 Å².